The molecule has 0 radical (unpaired) electrons. The van der Waals surface area contributed by atoms with Gasteiger partial charge in [0, 0.05) is 32.7 Å². The molecule has 1 aromatic heterocycles. The van der Waals surface area contributed by atoms with E-state index in [9.17, 15) is 0 Å². The van der Waals surface area contributed by atoms with E-state index in [2.05, 4.69) is 15.9 Å². The van der Waals surface area contributed by atoms with Gasteiger partial charge in [0.2, 0.25) is 0 Å². The van der Waals surface area contributed by atoms with Gasteiger partial charge < -0.3 is 13.9 Å². The molecule has 0 aromatic carbocycles. The zero-order valence-electron chi connectivity index (χ0n) is 13.9. The SMILES string of the molecule is c1coc(CN2CC[C@]3(CCC[C@H](CN4CCOCC4)O3)C2)c1. The standard InChI is InChI=1S/C18H28N2O3/c1-3-17(14-19-8-11-21-12-9-19)23-18(5-1)6-7-20(15-18)13-16-4-2-10-22-16/h2,4,10,17H,1,3,5-9,11-15H2/t17-,18-/m1/s1. The van der Waals surface area contributed by atoms with Crippen LogP contribution in [0.1, 0.15) is 31.4 Å². The van der Waals surface area contributed by atoms with Crippen LogP contribution in [-0.4, -0.2) is 67.4 Å². The molecule has 1 aromatic rings. The Morgan fingerprint density at radius 1 is 1.13 bits per heavy atom. The lowest BCUT2D eigenvalue weighted by Gasteiger charge is -2.41. The molecule has 3 aliphatic heterocycles. The van der Waals surface area contributed by atoms with Crippen molar-refractivity contribution < 1.29 is 13.9 Å². The molecule has 3 aliphatic rings. The van der Waals surface area contributed by atoms with Gasteiger partial charge in [0.05, 0.1) is 37.7 Å². The normalized spacial score (nSPS) is 33.5. The third kappa shape index (κ3) is 3.79. The number of furan rings is 1. The maximum Gasteiger partial charge on any atom is 0.117 e. The van der Waals surface area contributed by atoms with Crippen molar-refractivity contribution in [2.75, 3.05) is 45.9 Å². The Morgan fingerprint density at radius 3 is 2.87 bits per heavy atom. The van der Waals surface area contributed by atoms with Crippen LogP contribution in [0.15, 0.2) is 22.8 Å². The molecule has 0 N–H and O–H groups in total. The van der Waals surface area contributed by atoms with Crippen LogP contribution in [0.25, 0.3) is 0 Å². The Bertz CT molecular complexity index is 486. The van der Waals surface area contributed by atoms with Crippen molar-refractivity contribution in [1.29, 1.82) is 0 Å². The quantitative estimate of drug-likeness (QED) is 0.850. The van der Waals surface area contributed by atoms with Crippen LogP contribution in [0.2, 0.25) is 0 Å². The van der Waals surface area contributed by atoms with E-state index in [4.69, 9.17) is 13.9 Å². The highest BCUT2D eigenvalue weighted by Crippen LogP contribution is 2.37. The number of nitrogens with zero attached hydrogens (tertiary/aromatic N) is 2. The monoisotopic (exact) mass is 320 g/mol. The number of morpholine rings is 1. The summed E-state index contributed by atoms with van der Waals surface area (Å²) in [6.07, 6.45) is 7.02. The lowest BCUT2D eigenvalue weighted by molar-refractivity contribution is -0.133. The molecule has 128 valence electrons. The minimum Gasteiger partial charge on any atom is -0.468 e. The summed E-state index contributed by atoms with van der Waals surface area (Å²) in [4.78, 5) is 4.98. The largest absolute Gasteiger partial charge is 0.468 e. The molecule has 3 fully saturated rings. The molecule has 4 rings (SSSR count). The van der Waals surface area contributed by atoms with Crippen molar-refractivity contribution in [2.45, 2.75) is 43.9 Å². The van der Waals surface area contributed by atoms with Gasteiger partial charge in [0.25, 0.3) is 0 Å². The zero-order valence-corrected chi connectivity index (χ0v) is 13.9. The summed E-state index contributed by atoms with van der Waals surface area (Å²) >= 11 is 0. The van der Waals surface area contributed by atoms with Gasteiger partial charge in [-0.3, -0.25) is 9.80 Å². The summed E-state index contributed by atoms with van der Waals surface area (Å²) in [5.41, 5.74) is 0.0851. The van der Waals surface area contributed by atoms with Gasteiger partial charge in [-0.05, 0) is 37.8 Å². The molecule has 23 heavy (non-hydrogen) atoms. The fourth-order valence-corrected chi connectivity index (χ4v) is 4.31. The van der Waals surface area contributed by atoms with E-state index in [1.54, 1.807) is 6.26 Å². The van der Waals surface area contributed by atoms with Gasteiger partial charge in [-0.2, -0.15) is 0 Å². The molecular weight excluding hydrogens is 292 g/mol. The van der Waals surface area contributed by atoms with Gasteiger partial charge in [-0.15, -0.1) is 0 Å². The third-order valence-electron chi connectivity index (χ3n) is 5.50. The first-order chi connectivity index (χ1) is 11.3. The van der Waals surface area contributed by atoms with Crippen LogP contribution in [0.3, 0.4) is 0 Å². The van der Waals surface area contributed by atoms with E-state index in [1.165, 1.54) is 19.3 Å². The molecule has 5 heteroatoms. The lowest BCUT2D eigenvalue weighted by atomic mass is 9.90. The predicted molar refractivity (Wildman–Crippen MR) is 87.3 cm³/mol. The number of likely N-dealkylation sites (tertiary alicyclic amines) is 1. The number of rotatable bonds is 4. The highest BCUT2D eigenvalue weighted by atomic mass is 16.5. The van der Waals surface area contributed by atoms with Crippen molar-refractivity contribution in [3.63, 3.8) is 0 Å². The zero-order chi connectivity index (χ0) is 15.5. The summed E-state index contributed by atoms with van der Waals surface area (Å²) in [5, 5.41) is 0. The summed E-state index contributed by atoms with van der Waals surface area (Å²) in [6, 6.07) is 4.03. The second-order valence-electron chi connectivity index (χ2n) is 7.27. The smallest absolute Gasteiger partial charge is 0.117 e. The fraction of sp³-hybridized carbons (Fsp3) is 0.778. The van der Waals surface area contributed by atoms with Crippen LogP contribution in [0.4, 0.5) is 0 Å². The van der Waals surface area contributed by atoms with Crippen molar-refractivity contribution in [2.24, 2.45) is 0 Å². The van der Waals surface area contributed by atoms with Crippen LogP contribution in [-0.2, 0) is 16.0 Å². The van der Waals surface area contributed by atoms with Crippen LogP contribution < -0.4 is 0 Å². The van der Waals surface area contributed by atoms with Crippen molar-refractivity contribution in [3.8, 4) is 0 Å². The molecule has 0 saturated carbocycles. The van der Waals surface area contributed by atoms with Crippen LogP contribution >= 0.6 is 0 Å². The Labute approximate surface area is 138 Å². The first-order valence-corrected chi connectivity index (χ1v) is 9.04. The molecule has 0 amide bonds. The second-order valence-corrected chi connectivity index (χ2v) is 7.27. The molecule has 0 bridgehead atoms. The average Bonchev–Trinajstić information content (AvgIpc) is 3.20. The van der Waals surface area contributed by atoms with E-state index in [1.807, 2.05) is 6.07 Å². The minimum absolute atomic E-state index is 0.0851. The van der Waals surface area contributed by atoms with Gasteiger partial charge in [0.15, 0.2) is 0 Å². The van der Waals surface area contributed by atoms with E-state index in [0.717, 1.165) is 64.7 Å². The number of hydrogen-bond donors (Lipinski definition) is 0. The predicted octanol–water partition coefficient (Wildman–Crippen LogP) is 2.13. The molecule has 0 aliphatic carbocycles. The first-order valence-electron chi connectivity index (χ1n) is 9.04. The average molecular weight is 320 g/mol. The van der Waals surface area contributed by atoms with Crippen molar-refractivity contribution >= 4 is 0 Å². The highest BCUT2D eigenvalue weighted by Gasteiger charge is 2.43. The van der Waals surface area contributed by atoms with Crippen molar-refractivity contribution in [1.82, 2.24) is 9.80 Å². The summed E-state index contributed by atoms with van der Waals surface area (Å²) in [7, 11) is 0. The molecule has 3 saturated heterocycles. The van der Waals surface area contributed by atoms with Gasteiger partial charge in [-0.25, -0.2) is 0 Å². The second kappa shape index (κ2) is 6.93. The fourth-order valence-electron chi connectivity index (χ4n) is 4.31. The Hall–Kier alpha value is -0.880. The number of hydrogen-bond acceptors (Lipinski definition) is 5. The molecule has 2 atom stereocenters. The summed E-state index contributed by atoms with van der Waals surface area (Å²) in [5.74, 6) is 1.06. The maximum atomic E-state index is 6.63. The van der Waals surface area contributed by atoms with E-state index in [0.29, 0.717) is 6.10 Å². The molecule has 1 spiro atoms. The van der Waals surface area contributed by atoms with Crippen LogP contribution in [0.5, 0.6) is 0 Å². The maximum absolute atomic E-state index is 6.63. The molecular formula is C18H28N2O3. The van der Waals surface area contributed by atoms with Gasteiger partial charge in [-0.1, -0.05) is 0 Å². The lowest BCUT2D eigenvalue weighted by Crippen LogP contribution is -2.48. The summed E-state index contributed by atoms with van der Waals surface area (Å²) < 4.78 is 17.6. The van der Waals surface area contributed by atoms with Gasteiger partial charge in [0.1, 0.15) is 5.76 Å². The topological polar surface area (TPSA) is 38.1 Å². The molecule has 5 nitrogen and oxygen atoms in total. The minimum atomic E-state index is 0.0851. The van der Waals surface area contributed by atoms with E-state index in [-0.39, 0.29) is 5.60 Å². The number of ether oxygens (including phenoxy) is 2. The summed E-state index contributed by atoms with van der Waals surface area (Å²) in [6.45, 7) is 7.99. The Balaban J connectivity index is 1.31. The molecule has 4 heterocycles. The van der Waals surface area contributed by atoms with Gasteiger partial charge >= 0.3 is 0 Å². The van der Waals surface area contributed by atoms with Crippen LogP contribution in [0, 0.1) is 0 Å². The third-order valence-corrected chi connectivity index (χ3v) is 5.50. The Kier molecular flexibility index (Phi) is 4.71. The van der Waals surface area contributed by atoms with E-state index < -0.39 is 0 Å². The Morgan fingerprint density at radius 2 is 2.04 bits per heavy atom. The highest BCUT2D eigenvalue weighted by molar-refractivity contribution is 5.01. The first kappa shape index (κ1) is 15.6. The van der Waals surface area contributed by atoms with Crippen molar-refractivity contribution in [3.05, 3.63) is 24.2 Å². The van der Waals surface area contributed by atoms with E-state index >= 15 is 0 Å². The molecule has 0 unspecified atom stereocenters.